The van der Waals surface area contributed by atoms with Crippen LogP contribution < -0.4 is 20.7 Å². The number of aromatic nitrogens is 3. The number of anilines is 2. The number of nitrogens with zero attached hydrogens (tertiary/aromatic N) is 4. The van der Waals surface area contributed by atoms with E-state index in [4.69, 9.17) is 11.3 Å². The van der Waals surface area contributed by atoms with Crippen molar-refractivity contribution in [3.63, 3.8) is 0 Å². The summed E-state index contributed by atoms with van der Waals surface area (Å²) >= 11 is 0. The Morgan fingerprint density at radius 1 is 1.14 bits per heavy atom. The van der Waals surface area contributed by atoms with Gasteiger partial charge in [0, 0.05) is 37.5 Å². The quantitative estimate of drug-likeness (QED) is 0.414. The maximum absolute atomic E-state index is 13.8. The van der Waals surface area contributed by atoms with Crippen molar-refractivity contribution in [2.24, 2.45) is 5.92 Å². The molecule has 5 rings (SSSR count). The van der Waals surface area contributed by atoms with E-state index >= 15 is 0 Å². The second kappa shape index (κ2) is 10.7. The second-order valence-electron chi connectivity index (χ2n) is 9.33. The van der Waals surface area contributed by atoms with Crippen LogP contribution in [0.15, 0.2) is 48.8 Å². The van der Waals surface area contributed by atoms with Crippen molar-refractivity contribution in [2.45, 2.75) is 50.6 Å². The Bertz CT molecular complexity index is 1250. The fourth-order valence-electron chi connectivity index (χ4n) is 5.12. The molecule has 0 bridgehead atoms. The van der Waals surface area contributed by atoms with Gasteiger partial charge in [-0.25, -0.2) is 4.85 Å². The highest BCUT2D eigenvalue weighted by Crippen LogP contribution is 2.36. The van der Waals surface area contributed by atoms with Crippen LogP contribution in [0.2, 0.25) is 0 Å². The Morgan fingerprint density at radius 2 is 1.94 bits per heavy atom. The van der Waals surface area contributed by atoms with Crippen LogP contribution in [0.5, 0.6) is 5.75 Å². The molecule has 0 radical (unpaired) electrons. The van der Waals surface area contributed by atoms with Gasteiger partial charge in [0.05, 0.1) is 19.2 Å². The number of amides is 1. The Labute approximate surface area is 211 Å². The van der Waals surface area contributed by atoms with Gasteiger partial charge in [0.2, 0.25) is 11.9 Å². The molecule has 1 fully saturated rings. The number of nitrogens with one attached hydrogen (secondary N) is 3. The average molecular weight is 486 g/mol. The summed E-state index contributed by atoms with van der Waals surface area (Å²) in [6, 6.07) is 10.6. The molecule has 2 aliphatic rings. The highest BCUT2D eigenvalue weighted by atomic mass is 16.5. The smallest absolute Gasteiger partial charge is 0.243 e. The van der Waals surface area contributed by atoms with Gasteiger partial charge >= 0.3 is 0 Å². The molecule has 3 aromatic rings. The number of rotatable bonds is 7. The summed E-state index contributed by atoms with van der Waals surface area (Å²) in [4.78, 5) is 26.4. The third kappa shape index (κ3) is 5.13. The number of fused-ring (bicyclic) bond motifs is 1. The van der Waals surface area contributed by atoms with Gasteiger partial charge < -0.3 is 25.3 Å². The maximum atomic E-state index is 13.8. The van der Waals surface area contributed by atoms with Gasteiger partial charge in [-0.2, -0.15) is 9.97 Å². The lowest BCUT2D eigenvalue weighted by Crippen LogP contribution is -2.47. The summed E-state index contributed by atoms with van der Waals surface area (Å²) in [6.07, 6.45) is 9.99. The van der Waals surface area contributed by atoms with Crippen LogP contribution in [-0.2, 0) is 4.79 Å². The van der Waals surface area contributed by atoms with E-state index in [2.05, 4.69) is 30.8 Å². The molecule has 1 aliphatic carbocycles. The zero-order chi connectivity index (χ0) is 24.9. The fourth-order valence-corrected chi connectivity index (χ4v) is 5.12. The van der Waals surface area contributed by atoms with E-state index in [9.17, 15) is 4.79 Å². The van der Waals surface area contributed by atoms with E-state index in [1.54, 1.807) is 19.2 Å². The molecular weight excluding hydrogens is 454 g/mol. The lowest BCUT2D eigenvalue weighted by atomic mass is 9.83. The van der Waals surface area contributed by atoms with Crippen molar-refractivity contribution in [3.8, 4) is 11.6 Å². The van der Waals surface area contributed by atoms with Gasteiger partial charge in [-0.05, 0) is 37.0 Å². The summed E-state index contributed by atoms with van der Waals surface area (Å²) < 4.78 is 7.70. The Balaban J connectivity index is 1.41. The van der Waals surface area contributed by atoms with Gasteiger partial charge in [0.25, 0.3) is 0 Å². The molecule has 3 heterocycles. The van der Waals surface area contributed by atoms with E-state index < -0.39 is 6.04 Å². The van der Waals surface area contributed by atoms with Crippen LogP contribution >= 0.6 is 0 Å². The minimum absolute atomic E-state index is 0.0406. The molecule has 1 unspecified atom stereocenters. The highest BCUT2D eigenvalue weighted by molar-refractivity contribution is 5.85. The van der Waals surface area contributed by atoms with Crippen LogP contribution in [0, 0.1) is 12.5 Å². The zero-order valence-corrected chi connectivity index (χ0v) is 20.4. The Morgan fingerprint density at radius 3 is 2.69 bits per heavy atom. The maximum Gasteiger partial charge on any atom is 0.243 e. The predicted molar refractivity (Wildman–Crippen MR) is 139 cm³/mol. The standard InChI is InChI=1S/C27H31N7O2/c1-28-19-10-11-20-21(12-15-36-22(20)16-19)30-26(35)25(18-8-4-3-5-9-18)31-23-17-24(33-27(29-2)32-23)34-13-6-7-14-34/h6-7,10-11,13-14,16-18,21,25H,3-5,8-9,12,15H2,2H3,(H,30,35)(H2,29,31,32,33)/t21?,25-/m1/s1. The number of hydrogen-bond acceptors (Lipinski definition) is 6. The molecular formula is C27H31N7O2. The summed E-state index contributed by atoms with van der Waals surface area (Å²) in [7, 11) is 1.78. The normalized spacial score (nSPS) is 18.3. The Kier molecular flexibility index (Phi) is 7.03. The molecule has 0 spiro atoms. The molecule has 186 valence electrons. The SMILES string of the molecule is [C-]#[N+]c1ccc2c(c1)OCCC2NC(=O)[C@H](Nc1cc(-n2cccc2)nc(NC)n1)C1CCCCC1. The van der Waals surface area contributed by atoms with Gasteiger partial charge in [-0.1, -0.05) is 31.4 Å². The second-order valence-corrected chi connectivity index (χ2v) is 9.33. The summed E-state index contributed by atoms with van der Waals surface area (Å²) in [6.45, 7) is 7.76. The summed E-state index contributed by atoms with van der Waals surface area (Å²) in [5, 5.41) is 9.77. The number of carbonyl (C=O) groups excluding carboxylic acids is 1. The number of ether oxygens (including phenoxy) is 1. The van der Waals surface area contributed by atoms with E-state index in [-0.39, 0.29) is 17.9 Å². The van der Waals surface area contributed by atoms with Gasteiger partial charge in [-0.3, -0.25) is 4.79 Å². The molecule has 1 aliphatic heterocycles. The van der Waals surface area contributed by atoms with Crippen molar-refractivity contribution in [3.05, 3.63) is 65.8 Å². The monoisotopic (exact) mass is 485 g/mol. The largest absolute Gasteiger partial charge is 0.494 e. The number of benzene rings is 1. The molecule has 2 atom stereocenters. The van der Waals surface area contributed by atoms with Crippen LogP contribution in [0.4, 0.5) is 17.5 Å². The Hall–Kier alpha value is -4.06. The molecule has 36 heavy (non-hydrogen) atoms. The minimum Gasteiger partial charge on any atom is -0.494 e. The highest BCUT2D eigenvalue weighted by Gasteiger charge is 2.33. The molecule has 9 heteroatoms. The molecule has 0 saturated heterocycles. The first-order valence-corrected chi connectivity index (χ1v) is 12.6. The van der Waals surface area contributed by atoms with E-state index in [1.807, 2.05) is 41.2 Å². The molecule has 9 nitrogen and oxygen atoms in total. The topological polar surface area (TPSA) is 97.5 Å². The summed E-state index contributed by atoms with van der Waals surface area (Å²) in [5.74, 6) is 2.66. The van der Waals surface area contributed by atoms with Gasteiger partial charge in [0.1, 0.15) is 23.4 Å². The van der Waals surface area contributed by atoms with Crippen molar-refractivity contribution >= 4 is 23.4 Å². The van der Waals surface area contributed by atoms with Gasteiger partial charge in [-0.15, -0.1) is 0 Å². The van der Waals surface area contributed by atoms with E-state index in [1.165, 1.54) is 6.42 Å². The lowest BCUT2D eigenvalue weighted by molar-refractivity contribution is -0.124. The van der Waals surface area contributed by atoms with E-state index in [0.29, 0.717) is 36.2 Å². The molecule has 2 aromatic heterocycles. The van der Waals surface area contributed by atoms with Gasteiger partial charge in [0.15, 0.2) is 5.69 Å². The first-order chi connectivity index (χ1) is 17.6. The third-order valence-corrected chi connectivity index (χ3v) is 6.99. The molecule has 3 N–H and O–H groups in total. The predicted octanol–water partition coefficient (Wildman–Crippen LogP) is 4.86. The first kappa shape index (κ1) is 23.7. The van der Waals surface area contributed by atoms with Crippen molar-refractivity contribution < 1.29 is 9.53 Å². The molecule has 1 saturated carbocycles. The number of carbonyl (C=O) groups is 1. The lowest BCUT2D eigenvalue weighted by Gasteiger charge is -2.33. The first-order valence-electron chi connectivity index (χ1n) is 12.6. The van der Waals surface area contributed by atoms with E-state index in [0.717, 1.165) is 37.1 Å². The van der Waals surface area contributed by atoms with Crippen molar-refractivity contribution in [2.75, 3.05) is 24.3 Å². The number of hydrogen-bond donors (Lipinski definition) is 3. The average Bonchev–Trinajstić information content (AvgIpc) is 3.47. The fraction of sp³-hybridized carbons (Fsp3) is 0.407. The van der Waals surface area contributed by atoms with Crippen LogP contribution in [-0.4, -0.2) is 40.1 Å². The van der Waals surface area contributed by atoms with Crippen molar-refractivity contribution in [1.29, 1.82) is 0 Å². The van der Waals surface area contributed by atoms with Crippen LogP contribution in [0.1, 0.15) is 50.1 Å². The molecule has 1 amide bonds. The summed E-state index contributed by atoms with van der Waals surface area (Å²) in [5.41, 5.74) is 1.45. The zero-order valence-electron chi connectivity index (χ0n) is 20.4. The van der Waals surface area contributed by atoms with Crippen molar-refractivity contribution in [1.82, 2.24) is 19.9 Å². The minimum atomic E-state index is -0.420. The van der Waals surface area contributed by atoms with Crippen LogP contribution in [0.25, 0.3) is 10.7 Å². The van der Waals surface area contributed by atoms with Crippen LogP contribution in [0.3, 0.4) is 0 Å². The molecule has 1 aromatic carbocycles. The third-order valence-electron chi connectivity index (χ3n) is 6.99.